The van der Waals surface area contributed by atoms with Crippen LogP contribution in [0.2, 0.25) is 0 Å². The van der Waals surface area contributed by atoms with Crippen LogP contribution >= 0.6 is 0 Å². The number of hydrogen-bond donors (Lipinski definition) is 2. The van der Waals surface area contributed by atoms with Gasteiger partial charge in [-0.3, -0.25) is 0 Å². The topological polar surface area (TPSA) is 38.0 Å². The predicted molar refractivity (Wildman–Crippen MR) is 40.0 cm³/mol. The molecule has 52 valence electrons. The fraction of sp³-hybridized carbons (Fsp3) is 0.714. The molecule has 0 aromatic heterocycles. The van der Waals surface area contributed by atoms with Crippen LogP contribution in [0.15, 0.2) is 0 Å². The van der Waals surface area contributed by atoms with Crippen molar-refractivity contribution in [2.45, 2.75) is 19.4 Å². The predicted octanol–water partition coefficient (Wildman–Crippen LogP) is -0.0535. The Labute approximate surface area is 56.8 Å². The average Bonchev–Trinajstić information content (AvgIpc) is 1.91. The zero-order valence-corrected chi connectivity index (χ0v) is 5.85. The first-order valence-electron chi connectivity index (χ1n) is 3.22. The molecule has 0 aromatic rings. The quantitative estimate of drug-likeness (QED) is 0.518. The Morgan fingerprint density at radius 2 is 2.44 bits per heavy atom. The Morgan fingerprint density at radius 3 is 2.78 bits per heavy atom. The van der Waals surface area contributed by atoms with Gasteiger partial charge < -0.3 is 11.1 Å². The highest BCUT2D eigenvalue weighted by atomic mass is 14.9. The minimum Gasteiger partial charge on any atom is -0.329 e. The van der Waals surface area contributed by atoms with E-state index >= 15 is 0 Å². The Morgan fingerprint density at radius 1 is 1.78 bits per heavy atom. The molecule has 1 unspecified atom stereocenters. The molecule has 0 saturated heterocycles. The van der Waals surface area contributed by atoms with Crippen LogP contribution in [0, 0.1) is 12.3 Å². The molecule has 0 saturated carbocycles. The number of terminal acetylenes is 1. The maximum atomic E-state index is 5.39. The van der Waals surface area contributed by atoms with Crippen molar-refractivity contribution in [1.82, 2.24) is 5.32 Å². The van der Waals surface area contributed by atoms with E-state index in [-0.39, 0.29) is 0 Å². The third kappa shape index (κ3) is 4.01. The molecule has 2 heteroatoms. The van der Waals surface area contributed by atoms with Gasteiger partial charge in [-0.15, -0.1) is 6.42 Å². The van der Waals surface area contributed by atoms with Crippen LogP contribution < -0.4 is 11.1 Å². The van der Waals surface area contributed by atoms with Crippen LogP contribution in [0.4, 0.5) is 0 Å². The van der Waals surface area contributed by atoms with E-state index < -0.39 is 0 Å². The third-order valence-electron chi connectivity index (χ3n) is 1.27. The first-order chi connectivity index (χ1) is 4.35. The van der Waals surface area contributed by atoms with Gasteiger partial charge >= 0.3 is 0 Å². The number of nitrogens with one attached hydrogen (secondary N) is 1. The summed E-state index contributed by atoms with van der Waals surface area (Å²) in [5, 5.41) is 3.11. The number of rotatable bonds is 4. The summed E-state index contributed by atoms with van der Waals surface area (Å²) in [6.45, 7) is 3.37. The van der Waals surface area contributed by atoms with Gasteiger partial charge in [-0.25, -0.2) is 0 Å². The second kappa shape index (κ2) is 5.61. The summed E-state index contributed by atoms with van der Waals surface area (Å²) in [6, 6.07) is 0.390. The number of hydrogen-bond acceptors (Lipinski definition) is 2. The van der Waals surface area contributed by atoms with E-state index in [1.54, 1.807) is 0 Å². The molecule has 0 radical (unpaired) electrons. The lowest BCUT2D eigenvalue weighted by Crippen LogP contribution is -2.35. The van der Waals surface area contributed by atoms with Gasteiger partial charge in [-0.05, 0) is 6.42 Å². The second-order valence-corrected chi connectivity index (χ2v) is 1.93. The molecule has 0 spiro atoms. The second-order valence-electron chi connectivity index (χ2n) is 1.93. The van der Waals surface area contributed by atoms with Gasteiger partial charge in [-0.1, -0.05) is 12.8 Å². The van der Waals surface area contributed by atoms with Crippen molar-refractivity contribution in [2.24, 2.45) is 5.73 Å². The highest BCUT2D eigenvalue weighted by molar-refractivity contribution is 4.88. The fourth-order valence-electron chi connectivity index (χ4n) is 0.598. The van der Waals surface area contributed by atoms with Crippen LogP contribution in [0.3, 0.4) is 0 Å². The van der Waals surface area contributed by atoms with Crippen LogP contribution in [0.1, 0.15) is 13.3 Å². The highest BCUT2D eigenvalue weighted by Gasteiger charge is 1.98. The lowest BCUT2D eigenvalue weighted by molar-refractivity contribution is 0.537. The Kier molecular flexibility index (Phi) is 5.29. The standard InChI is InChI=1S/C7H14N2/c1-3-5-9-7(4-2)6-8/h1,7,9H,4-6,8H2,2H3. The molecule has 0 aliphatic rings. The van der Waals surface area contributed by atoms with Crippen molar-refractivity contribution in [3.05, 3.63) is 0 Å². The Hall–Kier alpha value is -0.520. The van der Waals surface area contributed by atoms with E-state index in [1.807, 2.05) is 0 Å². The molecule has 9 heavy (non-hydrogen) atoms. The molecule has 1 atom stereocenters. The molecular formula is C7H14N2. The maximum Gasteiger partial charge on any atom is 0.0576 e. The smallest absolute Gasteiger partial charge is 0.0576 e. The summed E-state index contributed by atoms with van der Waals surface area (Å²) in [5.74, 6) is 2.50. The minimum atomic E-state index is 0.390. The molecule has 0 fully saturated rings. The van der Waals surface area contributed by atoms with E-state index in [2.05, 4.69) is 18.2 Å². The molecule has 0 amide bonds. The van der Waals surface area contributed by atoms with E-state index in [1.165, 1.54) is 0 Å². The lowest BCUT2D eigenvalue weighted by atomic mass is 10.2. The summed E-state index contributed by atoms with van der Waals surface area (Å²) < 4.78 is 0. The summed E-state index contributed by atoms with van der Waals surface area (Å²) in [7, 11) is 0. The van der Waals surface area contributed by atoms with Crippen molar-refractivity contribution in [2.75, 3.05) is 13.1 Å². The third-order valence-corrected chi connectivity index (χ3v) is 1.27. The van der Waals surface area contributed by atoms with E-state index in [4.69, 9.17) is 12.2 Å². The van der Waals surface area contributed by atoms with Crippen LogP contribution in [-0.4, -0.2) is 19.1 Å². The fourth-order valence-corrected chi connectivity index (χ4v) is 0.598. The van der Waals surface area contributed by atoms with E-state index in [0.29, 0.717) is 19.1 Å². The largest absolute Gasteiger partial charge is 0.329 e. The van der Waals surface area contributed by atoms with Crippen molar-refractivity contribution in [1.29, 1.82) is 0 Å². The first kappa shape index (κ1) is 8.48. The van der Waals surface area contributed by atoms with Crippen LogP contribution in [-0.2, 0) is 0 Å². The van der Waals surface area contributed by atoms with Crippen LogP contribution in [0.25, 0.3) is 0 Å². The Bertz CT molecular complexity index is 89.6. The van der Waals surface area contributed by atoms with Gasteiger partial charge in [0.2, 0.25) is 0 Å². The minimum absolute atomic E-state index is 0.390. The van der Waals surface area contributed by atoms with Gasteiger partial charge in [0.1, 0.15) is 0 Å². The molecule has 0 heterocycles. The molecule has 0 aromatic carbocycles. The van der Waals surface area contributed by atoms with Crippen molar-refractivity contribution in [3.63, 3.8) is 0 Å². The molecular weight excluding hydrogens is 112 g/mol. The van der Waals surface area contributed by atoms with E-state index in [9.17, 15) is 0 Å². The normalized spacial score (nSPS) is 12.6. The molecule has 2 nitrogen and oxygen atoms in total. The molecule has 0 aliphatic carbocycles. The Balaban J connectivity index is 3.22. The van der Waals surface area contributed by atoms with Crippen molar-refractivity contribution < 1.29 is 0 Å². The van der Waals surface area contributed by atoms with Crippen LogP contribution in [0.5, 0.6) is 0 Å². The maximum absolute atomic E-state index is 5.39. The molecule has 0 rings (SSSR count). The molecule has 0 bridgehead atoms. The first-order valence-corrected chi connectivity index (χ1v) is 3.22. The lowest BCUT2D eigenvalue weighted by Gasteiger charge is -2.10. The molecule has 3 N–H and O–H groups in total. The molecule has 0 aliphatic heterocycles. The summed E-state index contributed by atoms with van der Waals surface area (Å²) in [5.41, 5.74) is 5.39. The van der Waals surface area contributed by atoms with Gasteiger partial charge in [0, 0.05) is 12.6 Å². The van der Waals surface area contributed by atoms with Crippen molar-refractivity contribution >= 4 is 0 Å². The van der Waals surface area contributed by atoms with Gasteiger partial charge in [0.05, 0.1) is 6.54 Å². The van der Waals surface area contributed by atoms with E-state index in [0.717, 1.165) is 6.42 Å². The van der Waals surface area contributed by atoms with Crippen molar-refractivity contribution in [3.8, 4) is 12.3 Å². The summed E-state index contributed by atoms with van der Waals surface area (Å²) in [6.07, 6.45) is 6.07. The van der Waals surface area contributed by atoms with Gasteiger partial charge in [0.25, 0.3) is 0 Å². The number of nitrogens with two attached hydrogens (primary N) is 1. The zero-order chi connectivity index (χ0) is 7.11. The monoisotopic (exact) mass is 126 g/mol. The summed E-state index contributed by atoms with van der Waals surface area (Å²) in [4.78, 5) is 0. The SMILES string of the molecule is C#CCNC(CC)CN. The van der Waals surface area contributed by atoms with Gasteiger partial charge in [0.15, 0.2) is 0 Å². The average molecular weight is 126 g/mol. The van der Waals surface area contributed by atoms with Gasteiger partial charge in [-0.2, -0.15) is 0 Å². The zero-order valence-electron chi connectivity index (χ0n) is 5.85. The summed E-state index contributed by atoms with van der Waals surface area (Å²) >= 11 is 0. The highest BCUT2D eigenvalue weighted by Crippen LogP contribution is 1.84.